The first-order valence-corrected chi connectivity index (χ1v) is 8.63. The lowest BCUT2D eigenvalue weighted by atomic mass is 9.84. The van der Waals surface area contributed by atoms with Gasteiger partial charge in [0.15, 0.2) is 0 Å². The predicted octanol–water partition coefficient (Wildman–Crippen LogP) is 3.72. The van der Waals surface area contributed by atoms with Crippen LogP contribution in [0.4, 0.5) is 0 Å². The molecule has 0 aromatic heterocycles. The fourth-order valence-electron chi connectivity index (χ4n) is 4.07. The van der Waals surface area contributed by atoms with Crippen LogP contribution in [0.1, 0.15) is 53.6 Å². The van der Waals surface area contributed by atoms with Gasteiger partial charge in [-0.05, 0) is 64.3 Å². The van der Waals surface area contributed by atoms with Gasteiger partial charge in [-0.1, -0.05) is 24.1 Å². The van der Waals surface area contributed by atoms with Gasteiger partial charge < -0.3 is 4.74 Å². The molecule has 2 atom stereocenters. The van der Waals surface area contributed by atoms with E-state index in [-0.39, 0.29) is 5.97 Å². The molecule has 3 rings (SSSR count). The zero-order valence-electron chi connectivity index (χ0n) is 13.8. The fraction of sp³-hybridized carbons (Fsp3) is 0.632. The summed E-state index contributed by atoms with van der Waals surface area (Å²) < 4.78 is 5.67. The zero-order chi connectivity index (χ0) is 15.5. The minimum absolute atomic E-state index is 0.162. The molecule has 0 bridgehead atoms. The third-order valence-corrected chi connectivity index (χ3v) is 5.26. The van der Waals surface area contributed by atoms with Crippen molar-refractivity contribution in [1.82, 2.24) is 4.90 Å². The zero-order valence-corrected chi connectivity index (χ0v) is 13.8. The summed E-state index contributed by atoms with van der Waals surface area (Å²) in [7, 11) is 0. The summed E-state index contributed by atoms with van der Waals surface area (Å²) in [4.78, 5) is 15.0. The number of fused-ring (bicyclic) bond motifs is 1. The van der Waals surface area contributed by atoms with Crippen molar-refractivity contribution < 1.29 is 9.53 Å². The summed E-state index contributed by atoms with van der Waals surface area (Å²) in [6, 6.07) is 6.54. The summed E-state index contributed by atoms with van der Waals surface area (Å²) in [6.45, 7) is 7.06. The van der Waals surface area contributed by atoms with E-state index in [0.717, 1.165) is 5.56 Å². The molecule has 22 heavy (non-hydrogen) atoms. The first-order valence-electron chi connectivity index (χ1n) is 8.63. The lowest BCUT2D eigenvalue weighted by molar-refractivity contribution is 0.00734. The molecular formula is C19H27NO2. The van der Waals surface area contributed by atoms with Gasteiger partial charge in [0.25, 0.3) is 0 Å². The molecule has 3 nitrogen and oxygen atoms in total. The quantitative estimate of drug-likeness (QED) is 0.797. The molecule has 0 saturated carbocycles. The number of aryl methyl sites for hydroxylation is 2. The molecule has 120 valence electrons. The van der Waals surface area contributed by atoms with Crippen LogP contribution in [0.5, 0.6) is 0 Å². The molecule has 2 saturated heterocycles. The van der Waals surface area contributed by atoms with Gasteiger partial charge in [0, 0.05) is 12.0 Å². The van der Waals surface area contributed by atoms with Crippen LogP contribution in [0.25, 0.3) is 0 Å². The topological polar surface area (TPSA) is 29.5 Å². The Bertz CT molecular complexity index is 538. The fourth-order valence-corrected chi connectivity index (χ4v) is 4.07. The van der Waals surface area contributed by atoms with E-state index in [1.54, 1.807) is 0 Å². The van der Waals surface area contributed by atoms with Crippen molar-refractivity contribution in [3.8, 4) is 0 Å². The normalized spacial score (nSPS) is 25.5. The van der Waals surface area contributed by atoms with Crippen molar-refractivity contribution in [3.05, 3.63) is 34.9 Å². The number of benzene rings is 1. The molecule has 1 aromatic carbocycles. The van der Waals surface area contributed by atoms with Crippen LogP contribution in [0, 0.1) is 19.8 Å². The van der Waals surface area contributed by atoms with E-state index in [1.807, 2.05) is 32.0 Å². The largest absolute Gasteiger partial charge is 0.462 e. The van der Waals surface area contributed by atoms with Crippen molar-refractivity contribution >= 4 is 5.97 Å². The van der Waals surface area contributed by atoms with E-state index < -0.39 is 0 Å². The Morgan fingerprint density at radius 2 is 2.00 bits per heavy atom. The third kappa shape index (κ3) is 3.35. The van der Waals surface area contributed by atoms with Gasteiger partial charge >= 0.3 is 5.97 Å². The maximum absolute atomic E-state index is 12.3. The van der Waals surface area contributed by atoms with Crippen molar-refractivity contribution in [2.75, 3.05) is 19.7 Å². The molecule has 2 aliphatic rings. The Morgan fingerprint density at radius 1 is 1.18 bits per heavy atom. The second-order valence-corrected chi connectivity index (χ2v) is 6.92. The van der Waals surface area contributed by atoms with Crippen molar-refractivity contribution in [1.29, 1.82) is 0 Å². The number of carbonyl (C=O) groups is 1. The smallest absolute Gasteiger partial charge is 0.338 e. The van der Waals surface area contributed by atoms with Crippen molar-refractivity contribution in [3.63, 3.8) is 0 Å². The van der Waals surface area contributed by atoms with E-state index >= 15 is 0 Å². The monoisotopic (exact) mass is 301 g/mol. The average molecular weight is 301 g/mol. The molecule has 0 aliphatic carbocycles. The molecular weight excluding hydrogens is 274 g/mol. The van der Waals surface area contributed by atoms with E-state index in [2.05, 4.69) is 4.90 Å². The Balaban J connectivity index is 1.60. The summed E-state index contributed by atoms with van der Waals surface area (Å²) in [5, 5.41) is 0. The summed E-state index contributed by atoms with van der Waals surface area (Å²) in [5.41, 5.74) is 2.90. The number of ether oxygens (including phenoxy) is 1. The number of piperidine rings is 2. The van der Waals surface area contributed by atoms with Crippen LogP contribution in [0.2, 0.25) is 0 Å². The minimum atomic E-state index is -0.162. The predicted molar refractivity (Wildman–Crippen MR) is 88.1 cm³/mol. The van der Waals surface area contributed by atoms with Crippen molar-refractivity contribution in [2.45, 2.75) is 52.0 Å². The van der Waals surface area contributed by atoms with Gasteiger partial charge in [0.2, 0.25) is 0 Å². The highest BCUT2D eigenvalue weighted by Crippen LogP contribution is 2.31. The minimum Gasteiger partial charge on any atom is -0.462 e. The highest BCUT2D eigenvalue weighted by Gasteiger charge is 2.33. The second-order valence-electron chi connectivity index (χ2n) is 6.92. The standard InChI is InChI=1S/C19H27NO2/c1-14-8-9-17(15(2)12-14)19(21)22-13-16-6-5-11-20-10-4-3-7-18(16)20/h8-9,12,16,18H,3-7,10-11,13H2,1-2H3/t16-,18+/m0/s1. The van der Waals surface area contributed by atoms with Gasteiger partial charge in [0.05, 0.1) is 12.2 Å². The number of esters is 1. The van der Waals surface area contributed by atoms with Crippen LogP contribution in [0.3, 0.4) is 0 Å². The lowest BCUT2D eigenvalue weighted by Gasteiger charge is -2.44. The Morgan fingerprint density at radius 3 is 2.82 bits per heavy atom. The highest BCUT2D eigenvalue weighted by atomic mass is 16.5. The number of rotatable bonds is 3. The van der Waals surface area contributed by atoms with Crippen LogP contribution in [-0.4, -0.2) is 36.6 Å². The van der Waals surface area contributed by atoms with Crippen LogP contribution in [0.15, 0.2) is 18.2 Å². The molecule has 2 fully saturated rings. The first-order chi connectivity index (χ1) is 10.6. The number of nitrogens with zero attached hydrogens (tertiary/aromatic N) is 1. The molecule has 0 amide bonds. The maximum atomic E-state index is 12.3. The van der Waals surface area contributed by atoms with Gasteiger partial charge in [0.1, 0.15) is 0 Å². The number of hydrogen-bond donors (Lipinski definition) is 0. The van der Waals surface area contributed by atoms with Gasteiger partial charge in [-0.15, -0.1) is 0 Å². The number of hydrogen-bond acceptors (Lipinski definition) is 3. The second kappa shape index (κ2) is 6.82. The molecule has 0 spiro atoms. The molecule has 3 heteroatoms. The van der Waals surface area contributed by atoms with Crippen LogP contribution < -0.4 is 0 Å². The molecule has 0 radical (unpaired) electrons. The average Bonchev–Trinajstić information content (AvgIpc) is 2.52. The Hall–Kier alpha value is -1.35. The Kier molecular flexibility index (Phi) is 4.82. The SMILES string of the molecule is Cc1ccc(C(=O)OC[C@@H]2CCCN3CCCC[C@H]23)c(C)c1. The third-order valence-electron chi connectivity index (χ3n) is 5.26. The summed E-state index contributed by atoms with van der Waals surface area (Å²) in [6.07, 6.45) is 6.35. The summed E-state index contributed by atoms with van der Waals surface area (Å²) in [5.74, 6) is 0.356. The van der Waals surface area contributed by atoms with E-state index in [9.17, 15) is 4.79 Å². The molecule has 0 N–H and O–H groups in total. The summed E-state index contributed by atoms with van der Waals surface area (Å²) >= 11 is 0. The maximum Gasteiger partial charge on any atom is 0.338 e. The van der Waals surface area contributed by atoms with E-state index in [0.29, 0.717) is 24.1 Å². The van der Waals surface area contributed by atoms with E-state index in [1.165, 1.54) is 50.8 Å². The molecule has 1 aromatic rings. The molecule has 0 unspecified atom stereocenters. The van der Waals surface area contributed by atoms with Crippen LogP contribution in [-0.2, 0) is 4.74 Å². The van der Waals surface area contributed by atoms with Gasteiger partial charge in [-0.25, -0.2) is 4.79 Å². The molecule has 2 aliphatic heterocycles. The van der Waals surface area contributed by atoms with E-state index in [4.69, 9.17) is 4.74 Å². The van der Waals surface area contributed by atoms with Gasteiger partial charge in [-0.3, -0.25) is 4.90 Å². The lowest BCUT2D eigenvalue weighted by Crippen LogP contribution is -2.49. The van der Waals surface area contributed by atoms with Crippen molar-refractivity contribution in [2.24, 2.45) is 5.92 Å². The molecule has 2 heterocycles. The number of carbonyl (C=O) groups excluding carboxylic acids is 1. The first kappa shape index (κ1) is 15.5. The highest BCUT2D eigenvalue weighted by molar-refractivity contribution is 5.91. The van der Waals surface area contributed by atoms with Crippen LogP contribution >= 0.6 is 0 Å². The van der Waals surface area contributed by atoms with Gasteiger partial charge in [-0.2, -0.15) is 0 Å². The Labute approximate surface area is 133 Å².